The Morgan fingerprint density at radius 2 is 1.83 bits per heavy atom. The highest BCUT2D eigenvalue weighted by molar-refractivity contribution is 7.99. The van der Waals surface area contributed by atoms with E-state index < -0.39 is 0 Å². The maximum Gasteiger partial charge on any atom is 0.250 e. The van der Waals surface area contributed by atoms with E-state index >= 15 is 0 Å². The number of carbonyl (C=O) groups excluding carboxylic acids is 1. The van der Waals surface area contributed by atoms with Gasteiger partial charge in [-0.25, -0.2) is 19.8 Å². The van der Waals surface area contributed by atoms with Gasteiger partial charge in [0.05, 0.1) is 12.0 Å². The first kappa shape index (κ1) is 21.4. The van der Waals surface area contributed by atoms with Crippen LogP contribution in [0.3, 0.4) is 0 Å². The van der Waals surface area contributed by atoms with Crippen molar-refractivity contribution in [3.63, 3.8) is 0 Å². The van der Waals surface area contributed by atoms with Crippen LogP contribution in [-0.2, 0) is 11.4 Å². The van der Waals surface area contributed by atoms with E-state index in [-0.39, 0.29) is 17.5 Å². The van der Waals surface area contributed by atoms with Crippen LogP contribution in [0, 0.1) is 19.7 Å². The number of benzene rings is 2. The van der Waals surface area contributed by atoms with E-state index in [0.717, 1.165) is 17.0 Å². The van der Waals surface area contributed by atoms with Gasteiger partial charge in [-0.05, 0) is 49.7 Å². The number of carbonyl (C=O) groups is 1. The Kier molecular flexibility index (Phi) is 7.51. The summed E-state index contributed by atoms with van der Waals surface area (Å²) in [6.45, 7) is 4.07. The number of rotatable bonds is 8. The molecule has 0 spiro atoms. The fourth-order valence-electron chi connectivity index (χ4n) is 2.55. The molecule has 1 N–H and O–H groups in total. The first-order valence-corrected chi connectivity index (χ1v) is 10.2. The van der Waals surface area contributed by atoms with Gasteiger partial charge in [-0.1, -0.05) is 36.0 Å². The number of hydrogen-bond donors (Lipinski definition) is 1. The van der Waals surface area contributed by atoms with Crippen LogP contribution in [-0.4, -0.2) is 27.8 Å². The van der Waals surface area contributed by atoms with Crippen LogP contribution in [0.25, 0.3) is 0 Å². The Morgan fingerprint density at radius 3 is 2.57 bits per heavy atom. The molecule has 154 valence electrons. The van der Waals surface area contributed by atoms with Crippen molar-refractivity contribution >= 4 is 23.9 Å². The molecule has 1 aromatic heterocycles. The van der Waals surface area contributed by atoms with Crippen molar-refractivity contribution < 1.29 is 13.9 Å². The number of nitrogens with zero attached hydrogens (tertiary/aromatic N) is 3. The topological polar surface area (TPSA) is 76.5 Å². The number of ether oxygens (including phenoxy) is 1. The molecule has 2 aromatic carbocycles. The van der Waals surface area contributed by atoms with Crippen molar-refractivity contribution in [3.8, 4) is 5.75 Å². The van der Waals surface area contributed by atoms with Crippen molar-refractivity contribution in [3.05, 3.63) is 82.9 Å². The van der Waals surface area contributed by atoms with Crippen LogP contribution in [0.5, 0.6) is 5.75 Å². The third-order valence-electron chi connectivity index (χ3n) is 3.91. The molecule has 0 radical (unpaired) electrons. The van der Waals surface area contributed by atoms with Gasteiger partial charge in [0.2, 0.25) is 0 Å². The molecule has 30 heavy (non-hydrogen) atoms. The molecule has 1 amide bonds. The largest absolute Gasteiger partial charge is 0.488 e. The number of amides is 1. The van der Waals surface area contributed by atoms with Crippen LogP contribution in [0.15, 0.2) is 64.9 Å². The number of halogens is 1. The number of thioether (sulfide) groups is 1. The number of para-hydroxylation sites is 1. The summed E-state index contributed by atoms with van der Waals surface area (Å²) in [7, 11) is 0. The Bertz CT molecular complexity index is 1020. The van der Waals surface area contributed by atoms with Gasteiger partial charge in [-0.3, -0.25) is 4.79 Å². The summed E-state index contributed by atoms with van der Waals surface area (Å²) in [5.41, 5.74) is 5.78. The summed E-state index contributed by atoms with van der Waals surface area (Å²) in [4.78, 5) is 20.6. The number of hydrogen-bond acceptors (Lipinski definition) is 6. The van der Waals surface area contributed by atoms with Crippen LogP contribution in [0.2, 0.25) is 0 Å². The molecule has 6 nitrogen and oxygen atoms in total. The molecule has 1 heterocycles. The van der Waals surface area contributed by atoms with Crippen LogP contribution < -0.4 is 10.2 Å². The molecule has 0 saturated carbocycles. The summed E-state index contributed by atoms with van der Waals surface area (Å²) < 4.78 is 18.8. The van der Waals surface area contributed by atoms with E-state index in [9.17, 15) is 9.18 Å². The molecule has 0 aliphatic heterocycles. The van der Waals surface area contributed by atoms with E-state index in [1.54, 1.807) is 18.2 Å². The van der Waals surface area contributed by atoms with Gasteiger partial charge in [-0.2, -0.15) is 5.10 Å². The zero-order valence-electron chi connectivity index (χ0n) is 16.6. The molecule has 8 heteroatoms. The van der Waals surface area contributed by atoms with Crippen LogP contribution in [0.1, 0.15) is 22.5 Å². The minimum absolute atomic E-state index is 0.156. The Labute approximate surface area is 178 Å². The molecule has 0 unspecified atom stereocenters. The van der Waals surface area contributed by atoms with E-state index in [2.05, 4.69) is 20.5 Å². The average molecular weight is 425 g/mol. The zero-order chi connectivity index (χ0) is 21.3. The minimum Gasteiger partial charge on any atom is -0.488 e. The highest BCUT2D eigenvalue weighted by Crippen LogP contribution is 2.18. The monoisotopic (exact) mass is 424 g/mol. The summed E-state index contributed by atoms with van der Waals surface area (Å²) in [6.07, 6.45) is 1.52. The molecule has 0 aliphatic carbocycles. The second-order valence-electron chi connectivity index (χ2n) is 6.47. The molecule has 0 fully saturated rings. The summed E-state index contributed by atoms with van der Waals surface area (Å²) in [5, 5.41) is 4.57. The molecular formula is C22H21FN4O2S. The Morgan fingerprint density at radius 1 is 1.13 bits per heavy atom. The van der Waals surface area contributed by atoms with E-state index in [1.807, 2.05) is 38.1 Å². The standard InChI is InChI=1S/C22H21FN4O2S/c1-15-11-16(2)26-22(25-15)30-14-21(28)27-24-12-18-5-3-4-6-20(18)29-13-17-7-9-19(23)10-8-17/h3-12H,13-14H2,1-2H3,(H,27,28)/b24-12-. The number of hydrazone groups is 1. The molecule has 0 aliphatic rings. The molecule has 0 bridgehead atoms. The molecule has 0 saturated heterocycles. The fraction of sp³-hybridized carbons (Fsp3) is 0.182. The number of nitrogens with one attached hydrogen (secondary N) is 1. The second kappa shape index (κ2) is 10.5. The third kappa shape index (κ3) is 6.66. The lowest BCUT2D eigenvalue weighted by atomic mass is 10.2. The highest BCUT2D eigenvalue weighted by Gasteiger charge is 2.06. The maximum atomic E-state index is 13.0. The van der Waals surface area contributed by atoms with E-state index in [0.29, 0.717) is 23.1 Å². The molecule has 3 aromatic rings. The van der Waals surface area contributed by atoms with Gasteiger partial charge in [-0.15, -0.1) is 0 Å². The smallest absolute Gasteiger partial charge is 0.250 e. The zero-order valence-corrected chi connectivity index (χ0v) is 17.4. The fourth-order valence-corrected chi connectivity index (χ4v) is 3.30. The summed E-state index contributed by atoms with van der Waals surface area (Å²) >= 11 is 1.25. The van der Waals surface area contributed by atoms with Crippen molar-refractivity contribution in [2.45, 2.75) is 25.6 Å². The first-order chi connectivity index (χ1) is 14.5. The van der Waals surface area contributed by atoms with Crippen molar-refractivity contribution in [1.29, 1.82) is 0 Å². The second-order valence-corrected chi connectivity index (χ2v) is 7.41. The minimum atomic E-state index is -0.288. The Balaban J connectivity index is 1.52. The number of aromatic nitrogens is 2. The molecule has 3 rings (SSSR count). The van der Waals surface area contributed by atoms with E-state index in [4.69, 9.17) is 4.74 Å². The van der Waals surface area contributed by atoms with E-state index in [1.165, 1.54) is 30.1 Å². The van der Waals surface area contributed by atoms with Crippen molar-refractivity contribution in [1.82, 2.24) is 15.4 Å². The highest BCUT2D eigenvalue weighted by atomic mass is 32.2. The predicted octanol–water partition coefficient (Wildman–Crippen LogP) is 4.05. The first-order valence-electron chi connectivity index (χ1n) is 9.23. The quantitative estimate of drug-likeness (QED) is 0.255. The van der Waals surface area contributed by atoms with Gasteiger partial charge >= 0.3 is 0 Å². The summed E-state index contributed by atoms with van der Waals surface area (Å²) in [6, 6.07) is 15.3. The molecular weight excluding hydrogens is 403 g/mol. The normalized spacial score (nSPS) is 10.9. The molecule has 0 atom stereocenters. The van der Waals surface area contributed by atoms with Gasteiger partial charge in [0.15, 0.2) is 5.16 Å². The van der Waals surface area contributed by atoms with Gasteiger partial charge in [0.25, 0.3) is 5.91 Å². The average Bonchev–Trinajstić information content (AvgIpc) is 2.72. The van der Waals surface area contributed by atoms with Gasteiger partial charge in [0, 0.05) is 17.0 Å². The van der Waals surface area contributed by atoms with Gasteiger partial charge in [0.1, 0.15) is 18.2 Å². The summed E-state index contributed by atoms with van der Waals surface area (Å²) in [5.74, 6) is 0.217. The maximum absolute atomic E-state index is 13.0. The van der Waals surface area contributed by atoms with Crippen molar-refractivity contribution in [2.75, 3.05) is 5.75 Å². The third-order valence-corrected chi connectivity index (χ3v) is 4.76. The van der Waals surface area contributed by atoms with Crippen molar-refractivity contribution in [2.24, 2.45) is 5.10 Å². The van der Waals surface area contributed by atoms with Crippen LogP contribution in [0.4, 0.5) is 4.39 Å². The lowest BCUT2D eigenvalue weighted by Gasteiger charge is -2.09. The predicted molar refractivity (Wildman–Crippen MR) is 115 cm³/mol. The number of aryl methyl sites for hydroxylation is 2. The lowest BCUT2D eigenvalue weighted by Crippen LogP contribution is -2.20. The lowest BCUT2D eigenvalue weighted by molar-refractivity contribution is -0.118. The SMILES string of the molecule is Cc1cc(C)nc(SCC(=O)N/N=C\c2ccccc2OCc2ccc(F)cc2)n1. The van der Waals surface area contributed by atoms with Crippen LogP contribution >= 0.6 is 11.8 Å². The Hall–Kier alpha value is -3.26. The van der Waals surface area contributed by atoms with Gasteiger partial charge < -0.3 is 4.74 Å².